The molecule has 0 bridgehead atoms. The number of carbonyl (C=O) groups excluding carboxylic acids is 2. The third-order valence-corrected chi connectivity index (χ3v) is 8.72. The lowest BCUT2D eigenvalue weighted by Crippen LogP contribution is -2.42. The number of thioether (sulfide) groups is 1. The summed E-state index contributed by atoms with van der Waals surface area (Å²) >= 11 is 0.862. The molecule has 1 saturated heterocycles. The molecule has 3 aromatic rings. The number of benzene rings is 3. The molecule has 224 valence electrons. The first-order chi connectivity index (χ1) is 20.4. The van der Waals surface area contributed by atoms with Gasteiger partial charge in [-0.25, -0.2) is 4.39 Å². The van der Waals surface area contributed by atoms with Gasteiger partial charge in [-0.2, -0.15) is 0 Å². The van der Waals surface area contributed by atoms with E-state index >= 15 is 0 Å². The molecule has 0 radical (unpaired) electrons. The van der Waals surface area contributed by atoms with E-state index in [-0.39, 0.29) is 5.82 Å². The predicted molar refractivity (Wildman–Crippen MR) is 169 cm³/mol. The smallest absolute Gasteiger partial charge is 0.290 e. The van der Waals surface area contributed by atoms with E-state index in [0.717, 1.165) is 69.5 Å². The Kier molecular flexibility index (Phi) is 8.69. The number of ether oxygens (including phenoxy) is 3. The van der Waals surface area contributed by atoms with Crippen LogP contribution in [0.4, 0.5) is 9.18 Å². The SMILES string of the molecule is CC(C)=CCOc1c(C)c(C)c2c(c1C)CCC(C)(COc1ccc(/C=C3\SC(=O)NC3=O)cc1-c1ccc(F)cc1)O2. The van der Waals surface area contributed by atoms with Crippen LogP contribution >= 0.6 is 11.8 Å². The van der Waals surface area contributed by atoms with Gasteiger partial charge in [-0.05, 0) is 130 Å². The Hall–Kier alpha value is -4.04. The highest BCUT2D eigenvalue weighted by atomic mass is 32.2. The van der Waals surface area contributed by atoms with Crippen molar-refractivity contribution < 1.29 is 28.2 Å². The van der Waals surface area contributed by atoms with Gasteiger partial charge in [-0.1, -0.05) is 23.8 Å². The highest BCUT2D eigenvalue weighted by Gasteiger charge is 2.36. The number of imide groups is 1. The molecule has 5 rings (SSSR count). The largest absolute Gasteiger partial charge is 0.489 e. The van der Waals surface area contributed by atoms with Crippen molar-refractivity contribution in [2.24, 2.45) is 0 Å². The lowest BCUT2D eigenvalue weighted by Gasteiger charge is -2.38. The number of allylic oxidation sites excluding steroid dienone is 1. The van der Waals surface area contributed by atoms with Gasteiger partial charge in [0.2, 0.25) is 0 Å². The van der Waals surface area contributed by atoms with E-state index in [2.05, 4.69) is 52.9 Å². The average molecular weight is 602 g/mol. The minimum absolute atomic E-state index is 0.296. The summed E-state index contributed by atoms with van der Waals surface area (Å²) in [5.41, 5.74) is 7.28. The zero-order valence-electron chi connectivity index (χ0n) is 25.4. The number of nitrogens with one attached hydrogen (secondary N) is 1. The van der Waals surface area contributed by atoms with Crippen molar-refractivity contribution in [3.05, 3.63) is 92.7 Å². The van der Waals surface area contributed by atoms with Gasteiger partial charge in [0.05, 0.1) is 4.91 Å². The van der Waals surface area contributed by atoms with E-state index in [1.54, 1.807) is 18.2 Å². The molecule has 2 aliphatic rings. The maximum absolute atomic E-state index is 13.8. The lowest BCUT2D eigenvalue weighted by molar-refractivity contribution is -0.115. The van der Waals surface area contributed by atoms with E-state index in [1.807, 2.05) is 18.2 Å². The Morgan fingerprint density at radius 2 is 1.79 bits per heavy atom. The fourth-order valence-electron chi connectivity index (χ4n) is 5.31. The number of carbonyl (C=O) groups is 2. The molecule has 0 saturated carbocycles. The topological polar surface area (TPSA) is 73.9 Å². The summed E-state index contributed by atoms with van der Waals surface area (Å²) in [5, 5.41) is 1.88. The van der Waals surface area contributed by atoms with Gasteiger partial charge in [0.15, 0.2) is 0 Å². The summed E-state index contributed by atoms with van der Waals surface area (Å²) in [6, 6.07) is 11.7. The van der Waals surface area contributed by atoms with Crippen LogP contribution in [0.2, 0.25) is 0 Å². The first-order valence-corrected chi connectivity index (χ1v) is 15.1. The molecule has 43 heavy (non-hydrogen) atoms. The summed E-state index contributed by atoms with van der Waals surface area (Å²) in [6.45, 7) is 13.3. The lowest BCUT2D eigenvalue weighted by atomic mass is 9.87. The normalized spacial score (nSPS) is 18.6. The Bertz CT molecular complexity index is 1660. The molecule has 2 amide bonds. The molecule has 6 nitrogen and oxygen atoms in total. The van der Waals surface area contributed by atoms with Crippen molar-refractivity contribution in [2.75, 3.05) is 13.2 Å². The molecule has 0 aliphatic carbocycles. The maximum Gasteiger partial charge on any atom is 0.290 e. The number of amides is 2. The van der Waals surface area contributed by atoms with Crippen LogP contribution in [0.3, 0.4) is 0 Å². The number of halogens is 1. The molecular formula is C35H36FNO5S. The highest BCUT2D eigenvalue weighted by Crippen LogP contribution is 2.44. The molecule has 1 atom stereocenters. The van der Waals surface area contributed by atoms with Gasteiger partial charge in [0.1, 0.15) is 41.9 Å². The third kappa shape index (κ3) is 6.64. The number of fused-ring (bicyclic) bond motifs is 1. The van der Waals surface area contributed by atoms with E-state index in [1.165, 1.54) is 23.3 Å². The van der Waals surface area contributed by atoms with Crippen molar-refractivity contribution in [1.29, 1.82) is 0 Å². The molecule has 1 unspecified atom stereocenters. The zero-order chi connectivity index (χ0) is 30.9. The molecule has 0 spiro atoms. The summed E-state index contributed by atoms with van der Waals surface area (Å²) in [6.07, 6.45) is 5.33. The van der Waals surface area contributed by atoms with Gasteiger partial charge in [0.25, 0.3) is 11.1 Å². The minimum Gasteiger partial charge on any atom is -0.489 e. The molecule has 8 heteroatoms. The highest BCUT2D eigenvalue weighted by molar-refractivity contribution is 8.18. The number of hydrogen-bond acceptors (Lipinski definition) is 6. The second kappa shape index (κ2) is 12.3. The molecule has 2 heterocycles. The fourth-order valence-corrected chi connectivity index (χ4v) is 5.99. The van der Waals surface area contributed by atoms with Gasteiger partial charge in [-0.15, -0.1) is 0 Å². The number of rotatable bonds is 8. The monoisotopic (exact) mass is 601 g/mol. The molecule has 2 aliphatic heterocycles. The molecule has 1 N–H and O–H groups in total. The van der Waals surface area contributed by atoms with Crippen LogP contribution in [0, 0.1) is 26.6 Å². The van der Waals surface area contributed by atoms with Crippen LogP contribution in [0.5, 0.6) is 17.2 Å². The van der Waals surface area contributed by atoms with E-state index in [9.17, 15) is 14.0 Å². The molecule has 0 aromatic heterocycles. The summed E-state index contributed by atoms with van der Waals surface area (Å²) < 4.78 is 33.1. The average Bonchev–Trinajstić information content (AvgIpc) is 3.29. The summed E-state index contributed by atoms with van der Waals surface area (Å²) in [4.78, 5) is 24.0. The van der Waals surface area contributed by atoms with Crippen LogP contribution < -0.4 is 19.5 Å². The van der Waals surface area contributed by atoms with E-state index < -0.39 is 16.7 Å². The molecule has 1 fully saturated rings. The van der Waals surface area contributed by atoms with Gasteiger partial charge in [0, 0.05) is 11.1 Å². The van der Waals surface area contributed by atoms with E-state index in [0.29, 0.717) is 23.9 Å². The van der Waals surface area contributed by atoms with Crippen molar-refractivity contribution in [1.82, 2.24) is 5.32 Å². The maximum atomic E-state index is 13.8. The van der Waals surface area contributed by atoms with Crippen molar-refractivity contribution in [2.45, 2.75) is 60.0 Å². The Morgan fingerprint density at radius 3 is 2.47 bits per heavy atom. The first kappa shape index (κ1) is 30.4. The fraction of sp³-hybridized carbons (Fsp3) is 0.314. The minimum atomic E-state index is -0.583. The second-order valence-corrected chi connectivity index (χ2v) is 12.6. The van der Waals surface area contributed by atoms with Crippen LogP contribution in [0.15, 0.2) is 59.0 Å². The van der Waals surface area contributed by atoms with Gasteiger partial charge >= 0.3 is 0 Å². The number of hydrogen-bond donors (Lipinski definition) is 1. The zero-order valence-corrected chi connectivity index (χ0v) is 26.2. The first-order valence-electron chi connectivity index (χ1n) is 14.3. The van der Waals surface area contributed by atoms with Gasteiger partial charge < -0.3 is 14.2 Å². The van der Waals surface area contributed by atoms with Crippen LogP contribution in [0.1, 0.15) is 55.0 Å². The quantitative estimate of drug-likeness (QED) is 0.207. The Labute approximate surface area is 256 Å². The van der Waals surface area contributed by atoms with E-state index in [4.69, 9.17) is 14.2 Å². The summed E-state index contributed by atoms with van der Waals surface area (Å²) in [5.74, 6) is 1.67. The Balaban J connectivity index is 1.40. The molecular weight excluding hydrogens is 565 g/mol. The predicted octanol–water partition coefficient (Wildman–Crippen LogP) is 8.25. The van der Waals surface area contributed by atoms with Crippen LogP contribution in [-0.4, -0.2) is 30.0 Å². The van der Waals surface area contributed by atoms with Crippen molar-refractivity contribution >= 4 is 29.0 Å². The molecule has 3 aromatic carbocycles. The third-order valence-electron chi connectivity index (χ3n) is 7.91. The van der Waals surface area contributed by atoms with Gasteiger partial charge in [-0.3, -0.25) is 14.9 Å². The van der Waals surface area contributed by atoms with Crippen LogP contribution in [-0.2, 0) is 11.2 Å². The van der Waals surface area contributed by atoms with Crippen LogP contribution in [0.25, 0.3) is 17.2 Å². The van der Waals surface area contributed by atoms with Crippen molar-refractivity contribution in [3.8, 4) is 28.4 Å². The van der Waals surface area contributed by atoms with Crippen molar-refractivity contribution in [3.63, 3.8) is 0 Å². The Morgan fingerprint density at radius 1 is 1.05 bits per heavy atom. The summed E-state index contributed by atoms with van der Waals surface area (Å²) in [7, 11) is 0. The standard InChI is InChI=1S/C35H36FNO5S/c1-20(2)14-16-40-31-21(3)22(4)32-27(23(31)5)13-15-35(6,42-32)19-41-29-12-7-24(18-30-33(38)37-34(39)43-30)17-28(29)25-8-10-26(36)11-9-25/h7-12,14,17-18H,13,15-16,19H2,1-6H3,(H,37,38,39)/b30-18-. The second-order valence-electron chi connectivity index (χ2n) is 11.6.